The monoisotopic (exact) mass is 206 g/mol. The summed E-state index contributed by atoms with van der Waals surface area (Å²) in [4.78, 5) is 0. The molecule has 0 aromatic carbocycles. The zero-order chi connectivity index (χ0) is 10.2. The molecule has 0 saturated carbocycles. The van der Waals surface area contributed by atoms with E-state index in [4.69, 9.17) is 13.6 Å². The summed E-state index contributed by atoms with van der Waals surface area (Å²) in [5.74, 6) is 0. The Morgan fingerprint density at radius 2 is 1.46 bits per heavy atom. The molecule has 4 heteroatoms. The van der Waals surface area contributed by atoms with Crippen molar-refractivity contribution in [1.29, 1.82) is 0 Å². The van der Waals surface area contributed by atoms with E-state index in [0.29, 0.717) is 0 Å². The molecule has 0 aromatic rings. The van der Waals surface area contributed by atoms with Gasteiger partial charge in [-0.15, -0.1) is 0 Å². The molecule has 0 saturated heterocycles. The van der Waals surface area contributed by atoms with Gasteiger partial charge in [-0.2, -0.15) is 0 Å². The average molecular weight is 206 g/mol. The first-order valence-corrected chi connectivity index (χ1v) is 7.56. The molecule has 0 aliphatic heterocycles. The maximum atomic E-state index is 5.65. The molecule has 0 heterocycles. The first-order chi connectivity index (χ1) is 6.18. The maximum absolute atomic E-state index is 5.65. The van der Waals surface area contributed by atoms with Crippen LogP contribution in [0.3, 0.4) is 0 Å². The van der Waals surface area contributed by atoms with Crippen molar-refractivity contribution in [2.24, 2.45) is 0 Å². The maximum Gasteiger partial charge on any atom is 0.337 e. The first-order valence-electron chi connectivity index (χ1n) is 5.04. The van der Waals surface area contributed by atoms with Gasteiger partial charge in [-0.05, 0) is 27.3 Å². The van der Waals surface area contributed by atoms with Crippen molar-refractivity contribution in [2.45, 2.75) is 33.4 Å². The van der Waals surface area contributed by atoms with E-state index in [1.54, 1.807) is 0 Å². The number of rotatable bonds is 8. The lowest BCUT2D eigenvalue weighted by molar-refractivity contribution is 0.137. The molecule has 0 aliphatic carbocycles. The summed E-state index contributed by atoms with van der Waals surface area (Å²) >= 11 is 0. The van der Waals surface area contributed by atoms with Gasteiger partial charge in [0.25, 0.3) is 0 Å². The first kappa shape index (κ1) is 13.1. The van der Waals surface area contributed by atoms with Crippen molar-refractivity contribution < 1.29 is 13.6 Å². The normalized spacial score (nSPS) is 12.0. The van der Waals surface area contributed by atoms with Gasteiger partial charge < -0.3 is 13.6 Å². The van der Waals surface area contributed by atoms with Gasteiger partial charge in [0.1, 0.15) is 0 Å². The second kappa shape index (κ2) is 7.50. The van der Waals surface area contributed by atoms with E-state index < -0.39 is 8.56 Å². The van der Waals surface area contributed by atoms with Gasteiger partial charge in [0, 0.05) is 32.5 Å². The summed E-state index contributed by atoms with van der Waals surface area (Å²) in [6, 6.07) is 0.919. The Labute approximate surface area is 82.6 Å². The molecule has 0 aliphatic rings. The average Bonchev–Trinajstić information content (AvgIpc) is 2.05. The predicted molar refractivity (Wildman–Crippen MR) is 56.2 cm³/mol. The standard InChI is InChI=1S/C9H22O3Si/c1-5-10-8-9-13(4,11-6-2)12-7-3/h5-9H2,1-4H3. The predicted octanol–water partition coefficient (Wildman–Crippen LogP) is 2.17. The Morgan fingerprint density at radius 1 is 0.923 bits per heavy atom. The molecule has 0 atom stereocenters. The second-order valence-corrected chi connectivity index (χ2v) is 6.29. The summed E-state index contributed by atoms with van der Waals surface area (Å²) in [5.41, 5.74) is 0. The fourth-order valence-corrected chi connectivity index (χ4v) is 3.31. The molecule has 0 rings (SSSR count). The molecule has 0 aromatic heterocycles. The highest BCUT2D eigenvalue weighted by Gasteiger charge is 2.29. The molecule has 3 nitrogen and oxygen atoms in total. The van der Waals surface area contributed by atoms with Gasteiger partial charge in [-0.3, -0.25) is 0 Å². The zero-order valence-corrected chi connectivity index (χ0v) is 10.3. The molecule has 0 radical (unpaired) electrons. The minimum Gasteiger partial charge on any atom is -0.395 e. The summed E-state index contributed by atoms with van der Waals surface area (Å²) in [5, 5.41) is 0. The number of hydrogen-bond acceptors (Lipinski definition) is 3. The van der Waals surface area contributed by atoms with Crippen molar-refractivity contribution in [1.82, 2.24) is 0 Å². The van der Waals surface area contributed by atoms with Crippen LogP contribution >= 0.6 is 0 Å². The van der Waals surface area contributed by atoms with Crippen LogP contribution in [0, 0.1) is 0 Å². The molecular weight excluding hydrogens is 184 g/mol. The van der Waals surface area contributed by atoms with Crippen LogP contribution in [-0.4, -0.2) is 35.0 Å². The van der Waals surface area contributed by atoms with Crippen LogP contribution in [0.1, 0.15) is 20.8 Å². The Kier molecular flexibility index (Phi) is 7.55. The van der Waals surface area contributed by atoms with Gasteiger partial charge in [0.2, 0.25) is 0 Å². The van der Waals surface area contributed by atoms with Gasteiger partial charge >= 0.3 is 8.56 Å². The largest absolute Gasteiger partial charge is 0.395 e. The third-order valence-electron chi connectivity index (χ3n) is 1.80. The molecule has 80 valence electrons. The quantitative estimate of drug-likeness (QED) is 0.450. The summed E-state index contributed by atoms with van der Waals surface area (Å²) in [6.07, 6.45) is 0. The van der Waals surface area contributed by atoms with Crippen molar-refractivity contribution in [3.8, 4) is 0 Å². The van der Waals surface area contributed by atoms with E-state index in [1.165, 1.54) is 0 Å². The van der Waals surface area contributed by atoms with Gasteiger partial charge in [0.05, 0.1) is 0 Å². The van der Waals surface area contributed by atoms with Crippen LogP contribution in [0.25, 0.3) is 0 Å². The highest BCUT2D eigenvalue weighted by Crippen LogP contribution is 2.13. The van der Waals surface area contributed by atoms with E-state index in [-0.39, 0.29) is 0 Å². The minimum absolute atomic E-state index is 0.731. The number of hydrogen-bond donors (Lipinski definition) is 0. The van der Waals surface area contributed by atoms with Crippen molar-refractivity contribution in [3.63, 3.8) is 0 Å². The molecule has 0 spiro atoms. The van der Waals surface area contributed by atoms with Crippen LogP contribution < -0.4 is 0 Å². The van der Waals surface area contributed by atoms with E-state index in [0.717, 1.165) is 32.5 Å². The van der Waals surface area contributed by atoms with Gasteiger partial charge in [0.15, 0.2) is 0 Å². The molecule has 13 heavy (non-hydrogen) atoms. The van der Waals surface area contributed by atoms with Crippen molar-refractivity contribution in [3.05, 3.63) is 0 Å². The van der Waals surface area contributed by atoms with E-state index >= 15 is 0 Å². The Balaban J connectivity index is 3.76. The SMILES string of the molecule is CCOCC[Si](C)(OCC)OCC. The van der Waals surface area contributed by atoms with Crippen molar-refractivity contribution in [2.75, 3.05) is 26.4 Å². The van der Waals surface area contributed by atoms with Gasteiger partial charge in [-0.25, -0.2) is 0 Å². The lowest BCUT2D eigenvalue weighted by Gasteiger charge is -2.25. The highest BCUT2D eigenvalue weighted by atomic mass is 28.4. The highest BCUT2D eigenvalue weighted by molar-refractivity contribution is 6.66. The molecule has 0 bridgehead atoms. The second-order valence-electron chi connectivity index (χ2n) is 2.95. The lowest BCUT2D eigenvalue weighted by Crippen LogP contribution is -2.39. The minimum atomic E-state index is -1.91. The molecule has 0 amide bonds. The van der Waals surface area contributed by atoms with Gasteiger partial charge in [-0.1, -0.05) is 0 Å². The van der Waals surface area contributed by atoms with Crippen LogP contribution in [0.5, 0.6) is 0 Å². The Morgan fingerprint density at radius 3 is 1.85 bits per heavy atom. The fourth-order valence-electron chi connectivity index (χ4n) is 1.20. The molecule has 0 unspecified atom stereocenters. The number of ether oxygens (including phenoxy) is 1. The molecular formula is C9H22O3Si. The summed E-state index contributed by atoms with van der Waals surface area (Å²) in [6.45, 7) is 11.1. The summed E-state index contributed by atoms with van der Waals surface area (Å²) < 4.78 is 16.6. The Hall–Kier alpha value is 0.0969. The zero-order valence-electron chi connectivity index (χ0n) is 9.26. The van der Waals surface area contributed by atoms with E-state index in [9.17, 15) is 0 Å². The van der Waals surface area contributed by atoms with Crippen LogP contribution in [0.15, 0.2) is 0 Å². The molecule has 0 fully saturated rings. The van der Waals surface area contributed by atoms with Crippen molar-refractivity contribution >= 4 is 8.56 Å². The van der Waals surface area contributed by atoms with Crippen LogP contribution in [0.4, 0.5) is 0 Å². The van der Waals surface area contributed by atoms with Crippen LogP contribution in [-0.2, 0) is 13.6 Å². The van der Waals surface area contributed by atoms with Crippen LogP contribution in [0.2, 0.25) is 12.6 Å². The smallest absolute Gasteiger partial charge is 0.337 e. The lowest BCUT2D eigenvalue weighted by atomic mass is 10.8. The summed E-state index contributed by atoms with van der Waals surface area (Å²) in [7, 11) is -1.91. The van der Waals surface area contributed by atoms with E-state index in [2.05, 4.69) is 6.55 Å². The van der Waals surface area contributed by atoms with E-state index in [1.807, 2.05) is 20.8 Å². The fraction of sp³-hybridized carbons (Fsp3) is 1.00. The topological polar surface area (TPSA) is 27.7 Å². The third kappa shape index (κ3) is 6.21. The Bertz CT molecular complexity index is 113. The third-order valence-corrected chi connectivity index (χ3v) is 4.71. The molecule has 0 N–H and O–H groups in total.